The van der Waals surface area contributed by atoms with Crippen molar-refractivity contribution in [3.63, 3.8) is 0 Å². The van der Waals surface area contributed by atoms with Crippen molar-refractivity contribution in [3.05, 3.63) is 83.9 Å². The molecule has 3 aromatic carbocycles. The van der Waals surface area contributed by atoms with Crippen LogP contribution in [-0.4, -0.2) is 40.9 Å². The number of carbonyl (C=O) groups excluding carboxylic acids is 3. The molecule has 0 aliphatic heterocycles. The fourth-order valence-corrected chi connectivity index (χ4v) is 4.41. The Hall–Kier alpha value is -3.71. The zero-order chi connectivity index (χ0) is 26.1. The molecule has 0 saturated carbocycles. The number of rotatable bonds is 11. The Labute approximate surface area is 212 Å². The summed E-state index contributed by atoms with van der Waals surface area (Å²) < 4.78 is 0. The van der Waals surface area contributed by atoms with Crippen LogP contribution in [0.2, 0.25) is 0 Å². The normalized spacial score (nSPS) is 12.7. The Morgan fingerprint density at radius 3 is 2.22 bits per heavy atom. The monoisotopic (exact) mass is 489 g/mol. The first kappa shape index (κ1) is 26.9. The molecule has 0 aliphatic carbocycles. The third kappa shape index (κ3) is 7.65. The predicted molar refractivity (Wildman–Crippen MR) is 140 cm³/mol. The maximum Gasteiger partial charge on any atom is 0.245 e. The Balaban J connectivity index is 1.84. The molecule has 2 atom stereocenters. The van der Waals surface area contributed by atoms with Crippen LogP contribution in [0.3, 0.4) is 0 Å². The number of nitrogens with zero attached hydrogens (tertiary/aromatic N) is 1. The van der Waals surface area contributed by atoms with Gasteiger partial charge in [0, 0.05) is 32.4 Å². The molecular weight excluding hydrogens is 454 g/mol. The third-order valence-electron chi connectivity index (χ3n) is 6.19. The van der Waals surface area contributed by atoms with Gasteiger partial charge in [-0.25, -0.2) is 5.48 Å². The average molecular weight is 490 g/mol. The lowest BCUT2D eigenvalue weighted by atomic mass is 9.92. The number of hydrogen-bond donors (Lipinski definition) is 3. The van der Waals surface area contributed by atoms with Crippen LogP contribution in [0.5, 0.6) is 0 Å². The van der Waals surface area contributed by atoms with Gasteiger partial charge >= 0.3 is 0 Å². The standard InChI is InChI=1S/C29H35N3O4/c1-20(2)15-25(18-27(33)31-36)28(34)30-26(29(35)32(3)19-21-9-5-4-6-10-21)17-22-13-14-23-11-7-8-12-24(23)16-22/h4-14,16,20,25-26,36H,15,17-19H2,1-3H3,(H,30,34)(H,31,33)/t25-,26+/m1/s1. The molecule has 3 aromatic rings. The van der Waals surface area contributed by atoms with Crippen molar-refractivity contribution in [3.8, 4) is 0 Å². The molecule has 0 bridgehead atoms. The van der Waals surface area contributed by atoms with Gasteiger partial charge < -0.3 is 10.2 Å². The summed E-state index contributed by atoms with van der Waals surface area (Å²) >= 11 is 0. The van der Waals surface area contributed by atoms with Crippen molar-refractivity contribution < 1.29 is 19.6 Å². The van der Waals surface area contributed by atoms with Crippen LogP contribution in [0.15, 0.2) is 72.8 Å². The van der Waals surface area contributed by atoms with Gasteiger partial charge in [0.05, 0.1) is 0 Å². The largest absolute Gasteiger partial charge is 0.344 e. The molecule has 7 nitrogen and oxygen atoms in total. The lowest BCUT2D eigenvalue weighted by molar-refractivity contribution is -0.138. The van der Waals surface area contributed by atoms with Crippen LogP contribution in [0.1, 0.15) is 37.8 Å². The van der Waals surface area contributed by atoms with Gasteiger partial charge in [0.25, 0.3) is 0 Å². The number of carbonyl (C=O) groups is 3. The van der Waals surface area contributed by atoms with Crippen molar-refractivity contribution >= 4 is 28.5 Å². The number of hydroxylamine groups is 1. The van der Waals surface area contributed by atoms with Gasteiger partial charge in [0.1, 0.15) is 6.04 Å². The molecule has 0 radical (unpaired) electrons. The third-order valence-corrected chi connectivity index (χ3v) is 6.19. The van der Waals surface area contributed by atoms with Crippen LogP contribution in [0.25, 0.3) is 10.8 Å². The van der Waals surface area contributed by atoms with Crippen molar-refractivity contribution in [1.29, 1.82) is 0 Å². The highest BCUT2D eigenvalue weighted by atomic mass is 16.5. The molecule has 36 heavy (non-hydrogen) atoms. The van der Waals surface area contributed by atoms with Crippen molar-refractivity contribution in [2.75, 3.05) is 7.05 Å². The fourth-order valence-electron chi connectivity index (χ4n) is 4.41. The highest BCUT2D eigenvalue weighted by Gasteiger charge is 2.29. The van der Waals surface area contributed by atoms with Gasteiger partial charge in [-0.2, -0.15) is 0 Å². The van der Waals surface area contributed by atoms with E-state index in [1.807, 2.05) is 86.6 Å². The van der Waals surface area contributed by atoms with E-state index in [9.17, 15) is 14.4 Å². The SMILES string of the molecule is CC(C)C[C@H](CC(=O)NO)C(=O)N[C@@H](Cc1ccc2ccccc2c1)C(=O)N(C)Cc1ccccc1. The summed E-state index contributed by atoms with van der Waals surface area (Å²) in [7, 11) is 1.72. The smallest absolute Gasteiger partial charge is 0.245 e. The zero-order valence-corrected chi connectivity index (χ0v) is 21.1. The molecular formula is C29H35N3O4. The second-order valence-electron chi connectivity index (χ2n) is 9.69. The summed E-state index contributed by atoms with van der Waals surface area (Å²) in [6.07, 6.45) is 0.613. The van der Waals surface area contributed by atoms with E-state index in [4.69, 9.17) is 5.21 Å². The molecule has 190 valence electrons. The number of amides is 3. The lowest BCUT2D eigenvalue weighted by Gasteiger charge is -2.27. The molecule has 3 amide bonds. The van der Waals surface area contributed by atoms with Crippen molar-refractivity contribution in [2.24, 2.45) is 11.8 Å². The van der Waals surface area contributed by atoms with E-state index in [2.05, 4.69) is 5.32 Å². The van der Waals surface area contributed by atoms with Gasteiger partial charge in [0.2, 0.25) is 17.7 Å². The Kier molecular flexibility index (Phi) is 9.59. The fraction of sp³-hybridized carbons (Fsp3) is 0.345. The van der Waals surface area contributed by atoms with E-state index in [1.54, 1.807) is 17.4 Å². The molecule has 3 rings (SSSR count). The summed E-state index contributed by atoms with van der Waals surface area (Å²) in [6.45, 7) is 4.33. The molecule has 0 fully saturated rings. The second-order valence-corrected chi connectivity index (χ2v) is 9.69. The summed E-state index contributed by atoms with van der Waals surface area (Å²) in [6, 6.07) is 22.9. The van der Waals surface area contributed by atoms with Crippen LogP contribution in [-0.2, 0) is 27.3 Å². The van der Waals surface area contributed by atoms with E-state index in [1.165, 1.54) is 0 Å². The topological polar surface area (TPSA) is 98.7 Å². The molecule has 7 heteroatoms. The highest BCUT2D eigenvalue weighted by molar-refractivity contribution is 5.91. The number of nitrogens with one attached hydrogen (secondary N) is 2. The number of hydrogen-bond acceptors (Lipinski definition) is 4. The predicted octanol–water partition coefficient (Wildman–Crippen LogP) is 4.08. The van der Waals surface area contributed by atoms with E-state index in [0.717, 1.165) is 21.9 Å². The lowest BCUT2D eigenvalue weighted by Crippen LogP contribution is -2.50. The van der Waals surface area contributed by atoms with E-state index in [0.29, 0.717) is 19.4 Å². The van der Waals surface area contributed by atoms with Gasteiger partial charge in [0.15, 0.2) is 0 Å². The highest BCUT2D eigenvalue weighted by Crippen LogP contribution is 2.20. The molecule has 0 aliphatic rings. The van der Waals surface area contributed by atoms with Crippen LogP contribution in [0, 0.1) is 11.8 Å². The number of benzene rings is 3. The van der Waals surface area contributed by atoms with Crippen LogP contribution < -0.4 is 10.8 Å². The summed E-state index contributed by atoms with van der Waals surface area (Å²) in [4.78, 5) is 40.3. The van der Waals surface area contributed by atoms with Crippen molar-refractivity contribution in [2.45, 2.75) is 45.7 Å². The van der Waals surface area contributed by atoms with Gasteiger partial charge in [-0.05, 0) is 34.2 Å². The molecule has 0 saturated heterocycles. The van der Waals surface area contributed by atoms with Gasteiger partial charge in [-0.1, -0.05) is 86.6 Å². The number of fused-ring (bicyclic) bond motifs is 1. The minimum absolute atomic E-state index is 0.155. The molecule has 0 aromatic heterocycles. The maximum absolute atomic E-state index is 13.6. The summed E-state index contributed by atoms with van der Waals surface area (Å²) in [5.74, 6) is -1.73. The van der Waals surface area contributed by atoms with E-state index >= 15 is 0 Å². The Bertz CT molecular complexity index is 1180. The summed E-state index contributed by atoms with van der Waals surface area (Å²) in [5, 5.41) is 14.1. The minimum Gasteiger partial charge on any atom is -0.344 e. The van der Waals surface area contributed by atoms with Gasteiger partial charge in [-0.15, -0.1) is 0 Å². The maximum atomic E-state index is 13.6. The minimum atomic E-state index is -0.806. The van der Waals surface area contributed by atoms with Crippen molar-refractivity contribution in [1.82, 2.24) is 15.7 Å². The zero-order valence-electron chi connectivity index (χ0n) is 21.1. The Morgan fingerprint density at radius 1 is 0.889 bits per heavy atom. The first-order chi connectivity index (χ1) is 17.3. The average Bonchev–Trinajstić information content (AvgIpc) is 2.87. The molecule has 0 spiro atoms. The summed E-state index contributed by atoms with van der Waals surface area (Å²) in [5.41, 5.74) is 3.52. The quantitative estimate of drug-likeness (QED) is 0.279. The molecule has 0 unspecified atom stereocenters. The van der Waals surface area contributed by atoms with Crippen LogP contribution in [0.4, 0.5) is 0 Å². The van der Waals surface area contributed by atoms with E-state index < -0.39 is 17.9 Å². The molecule has 0 heterocycles. The molecule has 3 N–H and O–H groups in total. The van der Waals surface area contributed by atoms with Crippen LogP contribution >= 0.6 is 0 Å². The first-order valence-electron chi connectivity index (χ1n) is 12.3. The Morgan fingerprint density at radius 2 is 1.56 bits per heavy atom. The second kappa shape index (κ2) is 12.8. The number of likely N-dealkylation sites (N-methyl/N-ethyl adjacent to an activating group) is 1. The van der Waals surface area contributed by atoms with Gasteiger partial charge in [-0.3, -0.25) is 19.6 Å². The first-order valence-corrected chi connectivity index (χ1v) is 12.3. The van der Waals surface area contributed by atoms with E-state index in [-0.39, 0.29) is 24.2 Å².